The predicted octanol–water partition coefficient (Wildman–Crippen LogP) is 7.35. The predicted molar refractivity (Wildman–Crippen MR) is 145 cm³/mol. The molecule has 0 fully saturated rings. The maximum atomic E-state index is 12.1. The first-order valence-electron chi connectivity index (χ1n) is 11.2. The summed E-state index contributed by atoms with van der Waals surface area (Å²) in [6, 6.07) is 10.7. The lowest BCUT2D eigenvalue weighted by molar-refractivity contribution is 0.0697. The highest BCUT2D eigenvalue weighted by Crippen LogP contribution is 2.46. The fourth-order valence-electron chi connectivity index (χ4n) is 3.62. The summed E-state index contributed by atoms with van der Waals surface area (Å²) in [6.45, 7) is 9.35. The minimum Gasteiger partial charge on any atom is -0.478 e. The van der Waals surface area contributed by atoms with Gasteiger partial charge in [0.05, 0.1) is 16.6 Å². The zero-order valence-electron chi connectivity index (χ0n) is 20.5. The van der Waals surface area contributed by atoms with Gasteiger partial charge in [-0.3, -0.25) is 10.2 Å². The number of aromatic carboxylic acids is 1. The smallest absolute Gasteiger partial charge is 0.336 e. The molecule has 36 heavy (non-hydrogen) atoms. The van der Waals surface area contributed by atoms with Gasteiger partial charge in [-0.25, -0.2) is 4.79 Å². The first-order chi connectivity index (χ1) is 17.3. The van der Waals surface area contributed by atoms with Gasteiger partial charge >= 0.3 is 5.97 Å². The van der Waals surface area contributed by atoms with Crippen molar-refractivity contribution in [3.05, 3.63) is 58.9 Å². The van der Waals surface area contributed by atoms with E-state index in [-0.39, 0.29) is 49.1 Å². The fourth-order valence-corrected chi connectivity index (χ4v) is 4.43. The number of ketones is 1. The van der Waals surface area contributed by atoms with Gasteiger partial charge in [0, 0.05) is 46.2 Å². The van der Waals surface area contributed by atoms with Crippen LogP contribution < -0.4 is 11.1 Å². The van der Waals surface area contributed by atoms with E-state index in [1.165, 1.54) is 31.2 Å². The van der Waals surface area contributed by atoms with Crippen molar-refractivity contribution in [1.29, 1.82) is 5.41 Å². The van der Waals surface area contributed by atoms with Crippen molar-refractivity contribution in [1.82, 2.24) is 0 Å². The van der Waals surface area contributed by atoms with E-state index in [1.54, 1.807) is 18.2 Å². The molecular weight excluding hydrogens is 500 g/mol. The van der Waals surface area contributed by atoms with Crippen LogP contribution in [0.5, 0.6) is 0 Å². The highest BCUT2D eigenvalue weighted by molar-refractivity contribution is 7.94. The Kier molecular flexibility index (Phi) is 10.1. The maximum Gasteiger partial charge on any atom is 0.336 e. The molecule has 0 bridgehead atoms. The van der Waals surface area contributed by atoms with Crippen LogP contribution in [0.2, 0.25) is 0 Å². The molecule has 0 atom stereocenters. The topological polar surface area (TPSA) is 158 Å². The van der Waals surface area contributed by atoms with E-state index in [1.807, 2.05) is 27.7 Å². The number of hydrogen-bond acceptors (Lipinski definition) is 9. The molecule has 0 saturated carbocycles. The van der Waals surface area contributed by atoms with Gasteiger partial charge in [-0.05, 0) is 42.8 Å². The number of nitrogens with one attached hydrogen (secondary N) is 1. The number of fused-ring (bicyclic) bond motifs is 2. The summed E-state index contributed by atoms with van der Waals surface area (Å²) in [7, 11) is 0. The first kappa shape index (κ1) is 28.9. The van der Waals surface area contributed by atoms with Crippen LogP contribution in [0.25, 0.3) is 33.4 Å². The molecule has 10 heteroatoms. The van der Waals surface area contributed by atoms with Crippen molar-refractivity contribution in [2.24, 2.45) is 0 Å². The van der Waals surface area contributed by atoms with Crippen molar-refractivity contribution in [2.45, 2.75) is 44.4 Å². The number of anilines is 1. The van der Waals surface area contributed by atoms with Crippen LogP contribution in [0.1, 0.15) is 55.3 Å². The summed E-state index contributed by atoms with van der Waals surface area (Å²) in [5, 5.41) is 18.5. The van der Waals surface area contributed by atoms with Gasteiger partial charge in [-0.2, -0.15) is 0 Å². The molecule has 2 aliphatic rings. The van der Waals surface area contributed by atoms with Crippen LogP contribution >= 0.6 is 24.1 Å². The van der Waals surface area contributed by atoms with Crippen LogP contribution in [0.15, 0.2) is 56.7 Å². The second-order valence-electron chi connectivity index (χ2n) is 6.96. The molecule has 190 valence electrons. The Labute approximate surface area is 217 Å². The zero-order valence-corrected chi connectivity index (χ0v) is 22.1. The normalized spacial score (nSPS) is 10.3. The van der Waals surface area contributed by atoms with E-state index in [0.717, 1.165) is 0 Å². The number of hydrogen-bond donors (Lipinski definition) is 5. The third-order valence-electron chi connectivity index (χ3n) is 5.11. The van der Waals surface area contributed by atoms with Crippen LogP contribution in [-0.4, -0.2) is 26.0 Å². The Hall–Kier alpha value is -3.31. The van der Waals surface area contributed by atoms with E-state index in [2.05, 4.69) is 0 Å². The Morgan fingerprint density at radius 2 is 1.53 bits per heavy atom. The van der Waals surface area contributed by atoms with Crippen molar-refractivity contribution in [3.8, 4) is 22.5 Å². The fraction of sp³-hybridized carbons (Fsp3) is 0.192. The Morgan fingerprint density at radius 3 is 2.08 bits per heavy atom. The van der Waals surface area contributed by atoms with Crippen LogP contribution in [0, 0.1) is 5.41 Å². The minimum absolute atomic E-state index is 0.00606. The largest absolute Gasteiger partial charge is 0.478 e. The number of carboxylic acid groups (broad SMARTS) is 1. The zero-order chi connectivity index (χ0) is 27.2. The van der Waals surface area contributed by atoms with Crippen molar-refractivity contribution < 1.29 is 28.2 Å². The molecular formula is C26H28N2O6S2. The van der Waals surface area contributed by atoms with Crippen molar-refractivity contribution in [3.63, 3.8) is 0 Å². The number of rotatable bonds is 5. The average Bonchev–Trinajstić information content (AvgIpc) is 2.89. The molecule has 0 amide bonds. The van der Waals surface area contributed by atoms with Crippen LogP contribution in [-0.2, 0) is 0 Å². The maximum absolute atomic E-state index is 12.1. The third kappa shape index (κ3) is 5.26. The molecule has 1 aliphatic carbocycles. The van der Waals surface area contributed by atoms with E-state index < -0.39 is 5.97 Å². The van der Waals surface area contributed by atoms with Gasteiger partial charge in [0.15, 0.2) is 17.1 Å². The Balaban J connectivity index is 0.00000109. The van der Waals surface area contributed by atoms with Gasteiger partial charge in [-0.1, -0.05) is 39.8 Å². The molecule has 0 radical (unpaired) electrons. The van der Waals surface area contributed by atoms with E-state index in [9.17, 15) is 23.8 Å². The second-order valence-corrected chi connectivity index (χ2v) is 8.14. The molecule has 1 heterocycles. The molecule has 1 aliphatic heterocycles. The summed E-state index contributed by atoms with van der Waals surface area (Å²) in [5.74, 6) is -1.37. The van der Waals surface area contributed by atoms with Gasteiger partial charge in [0.2, 0.25) is 0 Å². The molecule has 2 aromatic rings. The molecule has 0 aromatic heterocycles. The molecule has 2 aromatic carbocycles. The SMILES string of the molecule is CC.CC.CC(=O)c1ccc(-c2c3ccc(=N)c(SO)c-3oc3c(SO)c(N)ccc23)c(C(=O)O)c1. The highest BCUT2D eigenvalue weighted by Gasteiger charge is 2.26. The lowest BCUT2D eigenvalue weighted by Crippen LogP contribution is -2.08. The number of carbonyl (C=O) groups excluding carboxylic acids is 1. The number of nitrogens with two attached hydrogens (primary N) is 1. The first-order valence-corrected chi connectivity index (χ1v) is 12.7. The summed E-state index contributed by atoms with van der Waals surface area (Å²) >= 11 is 0.705. The third-order valence-corrected chi connectivity index (χ3v) is 6.30. The Morgan fingerprint density at radius 1 is 0.917 bits per heavy atom. The molecule has 4 rings (SSSR count). The van der Waals surface area contributed by atoms with Gasteiger partial charge in [0.25, 0.3) is 0 Å². The highest BCUT2D eigenvalue weighted by atomic mass is 32.2. The second kappa shape index (κ2) is 12.6. The summed E-state index contributed by atoms with van der Waals surface area (Å²) in [5.41, 5.74) is 7.75. The monoisotopic (exact) mass is 528 g/mol. The average molecular weight is 529 g/mol. The summed E-state index contributed by atoms with van der Waals surface area (Å²) < 4.78 is 25.6. The molecule has 6 N–H and O–H groups in total. The lowest BCUT2D eigenvalue weighted by Gasteiger charge is -2.20. The Bertz CT molecular complexity index is 1450. The molecule has 8 nitrogen and oxygen atoms in total. The van der Waals surface area contributed by atoms with Crippen molar-refractivity contribution >= 4 is 52.5 Å². The quantitative estimate of drug-likeness (QED) is 0.0772. The lowest BCUT2D eigenvalue weighted by atomic mass is 9.89. The van der Waals surface area contributed by atoms with Crippen molar-refractivity contribution in [2.75, 3.05) is 5.73 Å². The number of carbonyl (C=O) groups is 2. The molecule has 0 saturated heterocycles. The van der Waals surface area contributed by atoms with E-state index >= 15 is 0 Å². The molecule has 0 unspecified atom stereocenters. The number of benzene rings is 3. The number of nitrogen functional groups attached to an aromatic ring is 1. The van der Waals surface area contributed by atoms with E-state index in [0.29, 0.717) is 46.2 Å². The number of Topliss-reactive ketones (excluding diaryl/α,β-unsaturated/α-hetero) is 1. The minimum atomic E-state index is -1.23. The van der Waals surface area contributed by atoms with Gasteiger partial charge in [-0.15, -0.1) is 0 Å². The molecule has 0 spiro atoms. The standard InChI is InChI=1S/C22H16N2O6S2.2C2H6/c1-9(25)10-2-3-11(14(8-10)22(26)27)17-12-4-6-15(23)20(31-28)18(12)30-19-13(17)5-7-16(24)21(19)32-29;2*1-2/h2-8,23,28-29H,24H2,1H3,(H,26,27);2*1-2H3. The van der Waals surface area contributed by atoms with Gasteiger partial charge < -0.3 is 24.4 Å². The van der Waals surface area contributed by atoms with Crippen LogP contribution in [0.3, 0.4) is 0 Å². The summed E-state index contributed by atoms with van der Waals surface area (Å²) in [6.07, 6.45) is 0. The number of carboxylic acids is 1. The summed E-state index contributed by atoms with van der Waals surface area (Å²) in [4.78, 5) is 24.3. The van der Waals surface area contributed by atoms with Crippen LogP contribution in [0.4, 0.5) is 5.69 Å². The van der Waals surface area contributed by atoms with Gasteiger partial charge in [0.1, 0.15) is 9.79 Å². The van der Waals surface area contributed by atoms with E-state index in [4.69, 9.17) is 15.6 Å².